The normalized spacial score (nSPS) is 12.5. The summed E-state index contributed by atoms with van der Waals surface area (Å²) in [7, 11) is 0. The minimum absolute atomic E-state index is 0.0150. The lowest BCUT2D eigenvalue weighted by atomic mass is 10.1. The fraction of sp³-hybridized carbons (Fsp3) is 0.333. The van der Waals surface area contributed by atoms with Gasteiger partial charge in [-0.15, -0.1) is 0 Å². The number of amides is 1. The summed E-state index contributed by atoms with van der Waals surface area (Å²) in [4.78, 5) is 22.0. The smallest absolute Gasteiger partial charge is 0.352 e. The van der Waals surface area contributed by atoms with Gasteiger partial charge in [0.15, 0.2) is 0 Å². The Morgan fingerprint density at radius 1 is 1.17 bits per heavy atom. The van der Waals surface area contributed by atoms with Gasteiger partial charge in [-0.05, 0) is 25.3 Å². The van der Waals surface area contributed by atoms with E-state index in [9.17, 15) is 18.0 Å². The van der Waals surface area contributed by atoms with Crippen LogP contribution in [-0.4, -0.2) is 33.1 Å². The van der Waals surface area contributed by atoms with Gasteiger partial charge in [0.1, 0.15) is 6.33 Å². The molecular weight excluding hydrogens is 323 g/mol. The number of nitrogens with one attached hydrogen (secondary N) is 2. The van der Waals surface area contributed by atoms with E-state index in [1.807, 2.05) is 37.3 Å². The molecule has 0 radical (unpaired) electrons. The van der Waals surface area contributed by atoms with E-state index in [2.05, 4.69) is 20.3 Å². The summed E-state index contributed by atoms with van der Waals surface area (Å²) in [6.07, 6.45) is -2.36. The molecular formula is C15H16F3N5O. The fourth-order valence-electron chi connectivity index (χ4n) is 1.92. The number of anilines is 2. The minimum Gasteiger partial charge on any atom is -0.352 e. The first-order valence-corrected chi connectivity index (χ1v) is 7.22. The van der Waals surface area contributed by atoms with Gasteiger partial charge in [-0.2, -0.15) is 18.2 Å². The summed E-state index contributed by atoms with van der Waals surface area (Å²) < 4.78 is 36.6. The molecule has 1 heterocycles. The number of carbonyl (C=O) groups is 1. The van der Waals surface area contributed by atoms with E-state index in [0.717, 1.165) is 19.2 Å². The van der Waals surface area contributed by atoms with Crippen molar-refractivity contribution in [1.29, 1.82) is 0 Å². The first-order valence-electron chi connectivity index (χ1n) is 7.22. The lowest BCUT2D eigenvalue weighted by Crippen LogP contribution is -2.31. The monoisotopic (exact) mass is 339 g/mol. The molecule has 6 nitrogen and oxygen atoms in total. The van der Waals surface area contributed by atoms with Crippen LogP contribution in [0.5, 0.6) is 0 Å². The van der Waals surface area contributed by atoms with Crippen LogP contribution < -0.4 is 10.6 Å². The van der Waals surface area contributed by atoms with Crippen LogP contribution in [0.25, 0.3) is 0 Å². The van der Waals surface area contributed by atoms with E-state index in [0.29, 0.717) is 0 Å². The molecule has 1 aromatic heterocycles. The average molecular weight is 339 g/mol. The molecule has 0 aliphatic rings. The molecule has 0 aliphatic carbocycles. The molecule has 0 spiro atoms. The molecule has 0 saturated carbocycles. The zero-order valence-electron chi connectivity index (χ0n) is 12.8. The number of aryl methyl sites for hydroxylation is 1. The maximum absolute atomic E-state index is 12.2. The highest BCUT2D eigenvalue weighted by atomic mass is 19.4. The van der Waals surface area contributed by atoms with Crippen molar-refractivity contribution in [3.05, 3.63) is 42.2 Å². The van der Waals surface area contributed by atoms with E-state index in [-0.39, 0.29) is 12.0 Å². The topological polar surface area (TPSA) is 79.8 Å². The van der Waals surface area contributed by atoms with Gasteiger partial charge in [0, 0.05) is 6.04 Å². The van der Waals surface area contributed by atoms with Crippen LogP contribution in [0.3, 0.4) is 0 Å². The van der Waals surface area contributed by atoms with E-state index >= 15 is 0 Å². The number of hydrogen-bond acceptors (Lipinski definition) is 5. The van der Waals surface area contributed by atoms with Crippen LogP contribution in [0.15, 0.2) is 36.7 Å². The molecule has 0 bridgehead atoms. The van der Waals surface area contributed by atoms with Gasteiger partial charge >= 0.3 is 12.1 Å². The third kappa shape index (κ3) is 5.49. The minimum atomic E-state index is -5.00. The lowest BCUT2D eigenvalue weighted by Gasteiger charge is -2.14. The number of halogens is 3. The SMILES string of the molecule is CC(CCc1ccccc1)Nc1ncnc(NC(=O)C(F)(F)F)n1. The molecule has 1 aromatic carbocycles. The predicted molar refractivity (Wildman–Crippen MR) is 82.4 cm³/mol. The van der Waals surface area contributed by atoms with Crippen LogP contribution in [0, 0.1) is 0 Å². The molecule has 128 valence electrons. The highest BCUT2D eigenvalue weighted by molar-refractivity contribution is 5.93. The zero-order valence-corrected chi connectivity index (χ0v) is 12.8. The van der Waals surface area contributed by atoms with E-state index in [1.54, 1.807) is 5.32 Å². The Hall–Kier alpha value is -2.71. The van der Waals surface area contributed by atoms with Crippen molar-refractivity contribution in [2.24, 2.45) is 0 Å². The van der Waals surface area contributed by atoms with Gasteiger partial charge in [0.25, 0.3) is 0 Å². The number of rotatable bonds is 6. The van der Waals surface area contributed by atoms with Crippen LogP contribution in [0.1, 0.15) is 18.9 Å². The van der Waals surface area contributed by atoms with Gasteiger partial charge in [-0.25, -0.2) is 9.97 Å². The zero-order chi connectivity index (χ0) is 17.6. The average Bonchev–Trinajstić information content (AvgIpc) is 2.53. The summed E-state index contributed by atoms with van der Waals surface area (Å²) in [5, 5.41) is 4.56. The summed E-state index contributed by atoms with van der Waals surface area (Å²) in [5.41, 5.74) is 1.18. The third-order valence-corrected chi connectivity index (χ3v) is 3.14. The highest BCUT2D eigenvalue weighted by Crippen LogP contribution is 2.17. The number of carbonyl (C=O) groups excluding carboxylic acids is 1. The van der Waals surface area contributed by atoms with E-state index in [1.165, 1.54) is 5.56 Å². The Morgan fingerprint density at radius 3 is 2.50 bits per heavy atom. The lowest BCUT2D eigenvalue weighted by molar-refractivity contribution is -0.167. The van der Waals surface area contributed by atoms with Crippen molar-refractivity contribution in [2.75, 3.05) is 10.6 Å². The Kier molecular flexibility index (Phi) is 5.67. The molecule has 1 atom stereocenters. The Balaban J connectivity index is 1.90. The molecule has 1 unspecified atom stereocenters. The highest BCUT2D eigenvalue weighted by Gasteiger charge is 2.39. The first-order chi connectivity index (χ1) is 11.3. The summed E-state index contributed by atoms with van der Waals surface area (Å²) in [6.45, 7) is 1.90. The first kappa shape index (κ1) is 17.6. The van der Waals surface area contributed by atoms with Gasteiger partial charge in [0.05, 0.1) is 0 Å². The number of benzene rings is 1. The van der Waals surface area contributed by atoms with Gasteiger partial charge in [0.2, 0.25) is 11.9 Å². The summed E-state index contributed by atoms with van der Waals surface area (Å²) in [6, 6.07) is 9.86. The second-order valence-electron chi connectivity index (χ2n) is 5.15. The maximum Gasteiger partial charge on any atom is 0.471 e. The van der Waals surface area contributed by atoms with Crippen LogP contribution in [0.2, 0.25) is 0 Å². The summed E-state index contributed by atoms with van der Waals surface area (Å²) >= 11 is 0. The molecule has 0 fully saturated rings. The van der Waals surface area contributed by atoms with Crippen LogP contribution >= 0.6 is 0 Å². The second-order valence-corrected chi connectivity index (χ2v) is 5.15. The molecule has 2 rings (SSSR count). The third-order valence-electron chi connectivity index (χ3n) is 3.14. The van der Waals surface area contributed by atoms with Crippen molar-refractivity contribution in [3.8, 4) is 0 Å². The van der Waals surface area contributed by atoms with Crippen molar-refractivity contribution in [2.45, 2.75) is 32.0 Å². The predicted octanol–water partition coefficient (Wildman–Crippen LogP) is 2.81. The molecule has 9 heteroatoms. The van der Waals surface area contributed by atoms with Gasteiger partial charge in [-0.3, -0.25) is 10.1 Å². The number of aromatic nitrogens is 3. The van der Waals surface area contributed by atoms with Gasteiger partial charge < -0.3 is 5.32 Å². The molecule has 0 saturated heterocycles. The molecule has 0 aliphatic heterocycles. The Bertz CT molecular complexity index is 678. The maximum atomic E-state index is 12.2. The van der Waals surface area contributed by atoms with Crippen LogP contribution in [-0.2, 0) is 11.2 Å². The molecule has 2 N–H and O–H groups in total. The molecule has 2 aromatic rings. The molecule has 24 heavy (non-hydrogen) atoms. The molecule has 1 amide bonds. The van der Waals surface area contributed by atoms with E-state index < -0.39 is 18.0 Å². The Labute approximate surface area is 136 Å². The van der Waals surface area contributed by atoms with Crippen molar-refractivity contribution in [3.63, 3.8) is 0 Å². The number of nitrogens with zero attached hydrogens (tertiary/aromatic N) is 3. The summed E-state index contributed by atoms with van der Waals surface area (Å²) in [5.74, 6) is -2.48. The Morgan fingerprint density at radius 2 is 1.83 bits per heavy atom. The standard InChI is InChI=1S/C15H16F3N5O/c1-10(7-8-11-5-3-2-4-6-11)21-13-19-9-20-14(23-13)22-12(24)15(16,17)18/h2-6,9-10H,7-8H2,1H3,(H2,19,20,21,22,23,24). The van der Waals surface area contributed by atoms with Crippen LogP contribution in [0.4, 0.5) is 25.1 Å². The quantitative estimate of drug-likeness (QED) is 0.846. The van der Waals surface area contributed by atoms with Crippen molar-refractivity contribution in [1.82, 2.24) is 15.0 Å². The fourth-order valence-corrected chi connectivity index (χ4v) is 1.92. The second kappa shape index (κ2) is 7.71. The van der Waals surface area contributed by atoms with Crippen molar-refractivity contribution < 1.29 is 18.0 Å². The number of alkyl halides is 3. The largest absolute Gasteiger partial charge is 0.471 e. The van der Waals surface area contributed by atoms with E-state index in [4.69, 9.17) is 0 Å². The number of hydrogen-bond donors (Lipinski definition) is 2. The van der Waals surface area contributed by atoms with Crippen molar-refractivity contribution >= 4 is 17.8 Å². The van der Waals surface area contributed by atoms with Gasteiger partial charge in [-0.1, -0.05) is 30.3 Å².